The smallest absolute Gasteiger partial charge is 0.319 e. The van der Waals surface area contributed by atoms with E-state index < -0.39 is 27.3 Å². The molecule has 1 heterocycles. The third-order valence-electron chi connectivity index (χ3n) is 5.06. The molecule has 0 bridgehead atoms. The van der Waals surface area contributed by atoms with Crippen LogP contribution in [0.25, 0.3) is 11.4 Å². The number of hydrogen-bond acceptors (Lipinski definition) is 7. The van der Waals surface area contributed by atoms with E-state index in [1.54, 1.807) is 37.3 Å². The average molecular weight is 452 g/mol. The molecule has 1 atom stereocenters. The molecule has 1 aliphatic rings. The number of carbonyl (C=O) groups is 1. The Morgan fingerprint density at radius 2 is 1.94 bits per heavy atom. The molecule has 0 aliphatic heterocycles. The van der Waals surface area contributed by atoms with Crippen molar-refractivity contribution in [2.75, 3.05) is 36.7 Å². The molecule has 1 fully saturated rings. The summed E-state index contributed by atoms with van der Waals surface area (Å²) in [5, 5.41) is 17.4. The lowest BCUT2D eigenvalue weighted by molar-refractivity contribution is 0.251. The van der Waals surface area contributed by atoms with Gasteiger partial charge in [0.05, 0.1) is 12.3 Å². The van der Waals surface area contributed by atoms with E-state index in [0.29, 0.717) is 41.4 Å². The molecule has 2 amide bonds. The van der Waals surface area contributed by atoms with E-state index in [1.807, 2.05) is 0 Å². The van der Waals surface area contributed by atoms with Gasteiger partial charge in [-0.2, -0.15) is 0 Å². The van der Waals surface area contributed by atoms with Gasteiger partial charge in [0.15, 0.2) is 15.7 Å². The topological polar surface area (TPSA) is 133 Å². The van der Waals surface area contributed by atoms with Gasteiger partial charge >= 0.3 is 6.03 Å². The molecule has 4 N–H and O–H groups in total. The van der Waals surface area contributed by atoms with Gasteiger partial charge in [0.2, 0.25) is 0 Å². The van der Waals surface area contributed by atoms with E-state index in [1.165, 1.54) is 6.26 Å². The number of halogens is 1. The molecule has 1 aromatic heterocycles. The maximum Gasteiger partial charge on any atom is 0.319 e. The zero-order valence-corrected chi connectivity index (χ0v) is 18.2. The van der Waals surface area contributed by atoms with Crippen LogP contribution in [0.3, 0.4) is 0 Å². The summed E-state index contributed by atoms with van der Waals surface area (Å²) >= 11 is 0. The molecule has 1 aromatic carbocycles. The summed E-state index contributed by atoms with van der Waals surface area (Å²) < 4.78 is 35.9. The lowest BCUT2D eigenvalue weighted by Gasteiger charge is -2.18. The highest BCUT2D eigenvalue weighted by atomic mass is 32.2. The lowest BCUT2D eigenvalue weighted by Crippen LogP contribution is -2.30. The van der Waals surface area contributed by atoms with Crippen LogP contribution in [0.15, 0.2) is 30.3 Å². The number of aliphatic hydroxyl groups excluding tert-OH is 1. The van der Waals surface area contributed by atoms with Crippen molar-refractivity contribution in [3.63, 3.8) is 0 Å². The number of alkyl halides is 1. The third-order valence-corrected chi connectivity index (χ3v) is 7.09. The van der Waals surface area contributed by atoms with Gasteiger partial charge in [-0.25, -0.2) is 27.6 Å². The summed E-state index contributed by atoms with van der Waals surface area (Å²) in [6.45, 7) is 0.936. The Kier molecular flexibility index (Phi) is 6.75. The Hall–Kier alpha value is -2.79. The number of nitrogens with zero attached hydrogens (tertiary/aromatic N) is 2. The predicted molar refractivity (Wildman–Crippen MR) is 116 cm³/mol. The first-order valence-electron chi connectivity index (χ1n) is 9.86. The van der Waals surface area contributed by atoms with Crippen molar-refractivity contribution >= 4 is 27.4 Å². The van der Waals surface area contributed by atoms with Crippen LogP contribution in [0.5, 0.6) is 0 Å². The number of urea groups is 1. The normalized spacial score (nSPS) is 15.7. The first-order valence-corrected chi connectivity index (χ1v) is 11.8. The van der Waals surface area contributed by atoms with Crippen molar-refractivity contribution in [1.29, 1.82) is 0 Å². The van der Waals surface area contributed by atoms with Crippen molar-refractivity contribution in [2.45, 2.75) is 30.6 Å². The number of carbonyl (C=O) groups excluding carboxylic acids is 1. The lowest BCUT2D eigenvalue weighted by atomic mass is 10.1. The summed E-state index contributed by atoms with van der Waals surface area (Å²) in [7, 11) is -3.37. The van der Waals surface area contributed by atoms with E-state index in [9.17, 15) is 22.7 Å². The number of sulfone groups is 1. The number of hydrogen-bond donors (Lipinski definition) is 4. The van der Waals surface area contributed by atoms with Gasteiger partial charge < -0.3 is 21.1 Å². The summed E-state index contributed by atoms with van der Waals surface area (Å²) in [4.78, 5) is 20.7. The summed E-state index contributed by atoms with van der Waals surface area (Å²) in [6, 6.07) is 7.51. The number of benzene rings is 1. The summed E-state index contributed by atoms with van der Waals surface area (Å²) in [5.74, 6) is 0.748. The number of anilines is 2. The highest BCUT2D eigenvalue weighted by Crippen LogP contribution is 2.52. The Bertz CT molecular complexity index is 1040. The minimum absolute atomic E-state index is 0.0747. The van der Waals surface area contributed by atoms with Crippen LogP contribution in [0, 0.1) is 0 Å². The SMILES string of the molecule is C[C@@H](CO)Nc1cc(C2(S(C)(=O)=O)CC2)nc(-c2ccc(NC(=O)NCCF)cc2)n1. The van der Waals surface area contributed by atoms with Gasteiger partial charge in [0.25, 0.3) is 0 Å². The van der Waals surface area contributed by atoms with Crippen molar-refractivity contribution in [3.05, 3.63) is 36.0 Å². The highest BCUT2D eigenvalue weighted by Gasteiger charge is 2.55. The fourth-order valence-electron chi connectivity index (χ4n) is 3.15. The Morgan fingerprint density at radius 1 is 1.26 bits per heavy atom. The quantitative estimate of drug-likeness (QED) is 0.459. The number of aromatic nitrogens is 2. The van der Waals surface area contributed by atoms with Gasteiger partial charge in [-0.1, -0.05) is 0 Å². The van der Waals surface area contributed by atoms with Gasteiger partial charge in [0, 0.05) is 36.2 Å². The molecule has 9 nitrogen and oxygen atoms in total. The van der Waals surface area contributed by atoms with Crippen LogP contribution in [0.1, 0.15) is 25.5 Å². The van der Waals surface area contributed by atoms with Crippen molar-refractivity contribution in [2.24, 2.45) is 0 Å². The second-order valence-electron chi connectivity index (χ2n) is 7.60. The molecular formula is C20H26FN5O4S. The molecule has 11 heteroatoms. The standard InChI is InChI=1S/C20H26FN5O4S/c1-13(12-27)23-17-11-16(20(7-8-20)31(2,29)30)25-18(26-17)14-3-5-15(6-4-14)24-19(28)22-10-9-21/h3-6,11,13,27H,7-10,12H2,1-2H3,(H2,22,24,28)(H,23,25,26)/t13-/m0/s1. The molecular weight excluding hydrogens is 425 g/mol. The Balaban J connectivity index is 1.92. The predicted octanol–water partition coefficient (Wildman–Crippen LogP) is 2.06. The van der Waals surface area contributed by atoms with Crippen LogP contribution in [0.4, 0.5) is 20.7 Å². The minimum Gasteiger partial charge on any atom is -0.394 e. The monoisotopic (exact) mass is 451 g/mol. The number of nitrogens with one attached hydrogen (secondary N) is 3. The van der Waals surface area contributed by atoms with Crippen molar-refractivity contribution in [3.8, 4) is 11.4 Å². The zero-order chi connectivity index (χ0) is 22.6. The van der Waals surface area contributed by atoms with E-state index in [4.69, 9.17) is 0 Å². The van der Waals surface area contributed by atoms with E-state index in [-0.39, 0.29) is 19.2 Å². The third kappa shape index (κ3) is 5.28. The van der Waals surface area contributed by atoms with Crippen LogP contribution < -0.4 is 16.0 Å². The van der Waals surface area contributed by atoms with E-state index in [0.717, 1.165) is 0 Å². The highest BCUT2D eigenvalue weighted by molar-refractivity contribution is 7.91. The largest absolute Gasteiger partial charge is 0.394 e. The molecule has 2 aromatic rings. The van der Waals surface area contributed by atoms with Crippen LogP contribution >= 0.6 is 0 Å². The first-order chi connectivity index (χ1) is 14.7. The number of rotatable bonds is 9. The van der Waals surface area contributed by atoms with E-state index >= 15 is 0 Å². The summed E-state index contributed by atoms with van der Waals surface area (Å²) in [6.07, 6.45) is 2.20. The second-order valence-corrected chi connectivity index (χ2v) is 9.93. The molecule has 1 saturated carbocycles. The molecule has 0 radical (unpaired) electrons. The molecule has 3 rings (SSSR count). The Morgan fingerprint density at radius 3 is 2.48 bits per heavy atom. The van der Waals surface area contributed by atoms with Gasteiger partial charge in [-0.15, -0.1) is 0 Å². The van der Waals surface area contributed by atoms with Crippen LogP contribution in [-0.2, 0) is 14.6 Å². The van der Waals surface area contributed by atoms with Gasteiger partial charge in [0.1, 0.15) is 17.2 Å². The second kappa shape index (κ2) is 9.15. The molecule has 0 saturated heterocycles. The first kappa shape index (κ1) is 22.9. The zero-order valence-electron chi connectivity index (χ0n) is 17.4. The fourth-order valence-corrected chi connectivity index (χ4v) is 4.48. The Labute approximate surface area is 180 Å². The van der Waals surface area contributed by atoms with Gasteiger partial charge in [-0.05, 0) is 44.0 Å². The van der Waals surface area contributed by atoms with Crippen LogP contribution in [0.2, 0.25) is 0 Å². The number of aliphatic hydroxyl groups is 1. The summed E-state index contributed by atoms with van der Waals surface area (Å²) in [5.41, 5.74) is 1.54. The minimum atomic E-state index is -3.37. The van der Waals surface area contributed by atoms with Crippen molar-refractivity contribution < 1.29 is 22.7 Å². The molecule has 31 heavy (non-hydrogen) atoms. The maximum absolute atomic E-state index is 12.4. The molecule has 0 unspecified atom stereocenters. The van der Waals surface area contributed by atoms with Crippen molar-refractivity contribution in [1.82, 2.24) is 15.3 Å². The number of amides is 2. The fraction of sp³-hybridized carbons (Fsp3) is 0.450. The molecule has 1 aliphatic carbocycles. The molecule has 168 valence electrons. The molecule has 0 spiro atoms. The van der Waals surface area contributed by atoms with Crippen LogP contribution in [-0.4, -0.2) is 61.6 Å². The van der Waals surface area contributed by atoms with E-state index in [2.05, 4.69) is 25.9 Å². The average Bonchev–Trinajstić information content (AvgIpc) is 3.55. The maximum atomic E-state index is 12.4. The van der Waals surface area contributed by atoms with Gasteiger partial charge in [-0.3, -0.25) is 0 Å².